The van der Waals surface area contributed by atoms with E-state index in [-0.39, 0.29) is 11.9 Å². The molecule has 78 valence electrons. The van der Waals surface area contributed by atoms with E-state index in [0.717, 1.165) is 6.54 Å². The van der Waals surface area contributed by atoms with E-state index in [1.165, 1.54) is 0 Å². The summed E-state index contributed by atoms with van der Waals surface area (Å²) in [4.78, 5) is 15.1. The van der Waals surface area contributed by atoms with Gasteiger partial charge in [-0.3, -0.25) is 4.79 Å². The molecular weight excluding hydrogens is 180 g/mol. The van der Waals surface area contributed by atoms with Crippen LogP contribution in [0.5, 0.6) is 0 Å². The first-order valence-corrected chi connectivity index (χ1v) is 4.67. The second-order valence-corrected chi connectivity index (χ2v) is 3.27. The zero-order valence-corrected chi connectivity index (χ0v) is 8.31. The van der Waals surface area contributed by atoms with Crippen LogP contribution in [0.25, 0.3) is 0 Å². The summed E-state index contributed by atoms with van der Waals surface area (Å²) in [6.45, 7) is 3.08. The van der Waals surface area contributed by atoms with E-state index < -0.39 is 0 Å². The van der Waals surface area contributed by atoms with Gasteiger partial charge in [0.25, 0.3) is 0 Å². The molecule has 1 rings (SSSR count). The Hall–Kier alpha value is -1.36. The van der Waals surface area contributed by atoms with E-state index >= 15 is 0 Å². The molecule has 0 saturated carbocycles. The first kappa shape index (κ1) is 10.7. The molecule has 0 aliphatic carbocycles. The van der Waals surface area contributed by atoms with E-state index in [2.05, 4.69) is 10.3 Å². The van der Waals surface area contributed by atoms with Crippen molar-refractivity contribution in [3.8, 4) is 0 Å². The van der Waals surface area contributed by atoms with Gasteiger partial charge in [0.1, 0.15) is 0 Å². The van der Waals surface area contributed by atoms with E-state index in [4.69, 9.17) is 5.73 Å². The molecule has 1 aromatic heterocycles. The summed E-state index contributed by atoms with van der Waals surface area (Å²) in [6, 6.07) is 0.100. The zero-order valence-electron chi connectivity index (χ0n) is 8.31. The summed E-state index contributed by atoms with van der Waals surface area (Å²) in [6.07, 6.45) is 5.69. The molecule has 14 heavy (non-hydrogen) atoms. The summed E-state index contributed by atoms with van der Waals surface area (Å²) >= 11 is 0. The largest absolute Gasteiger partial charge is 0.352 e. The molecule has 0 fully saturated rings. The fourth-order valence-corrected chi connectivity index (χ4v) is 1.23. The lowest BCUT2D eigenvalue weighted by Crippen LogP contribution is -2.36. The molecule has 5 nitrogen and oxygen atoms in total. The SMILES string of the molecule is CC(Cn1ccnc1)NC(=O)CCN. The number of aromatic nitrogens is 2. The van der Waals surface area contributed by atoms with Crippen molar-refractivity contribution in [2.24, 2.45) is 5.73 Å². The third kappa shape index (κ3) is 3.57. The molecule has 1 heterocycles. The molecule has 0 radical (unpaired) electrons. The normalized spacial score (nSPS) is 12.4. The van der Waals surface area contributed by atoms with Crippen LogP contribution >= 0.6 is 0 Å². The molecule has 5 heteroatoms. The number of imidazole rings is 1. The van der Waals surface area contributed by atoms with Gasteiger partial charge in [0.05, 0.1) is 6.33 Å². The van der Waals surface area contributed by atoms with Crippen LogP contribution in [0.2, 0.25) is 0 Å². The lowest BCUT2D eigenvalue weighted by Gasteiger charge is -2.13. The summed E-state index contributed by atoms with van der Waals surface area (Å²) in [7, 11) is 0. The van der Waals surface area contributed by atoms with Gasteiger partial charge < -0.3 is 15.6 Å². The van der Waals surface area contributed by atoms with Gasteiger partial charge in [0, 0.05) is 37.9 Å². The van der Waals surface area contributed by atoms with Crippen molar-refractivity contribution in [3.63, 3.8) is 0 Å². The molecule has 0 aliphatic heterocycles. The van der Waals surface area contributed by atoms with Gasteiger partial charge in [-0.25, -0.2) is 4.98 Å². The number of hydrogen-bond donors (Lipinski definition) is 2. The Labute approximate surface area is 83.3 Å². The Kier molecular flexibility index (Phi) is 4.12. The number of carbonyl (C=O) groups excluding carboxylic acids is 1. The molecular formula is C9H16N4O. The summed E-state index contributed by atoms with van der Waals surface area (Å²) in [5, 5.41) is 2.85. The number of nitrogens with two attached hydrogens (primary N) is 1. The number of hydrogen-bond acceptors (Lipinski definition) is 3. The van der Waals surface area contributed by atoms with Crippen molar-refractivity contribution in [2.45, 2.75) is 25.9 Å². The molecule has 1 amide bonds. The average molecular weight is 196 g/mol. The minimum absolute atomic E-state index is 0.000107. The molecule has 0 bridgehead atoms. The predicted octanol–water partition coefficient (Wildman–Crippen LogP) is -0.263. The van der Waals surface area contributed by atoms with Gasteiger partial charge in [-0.05, 0) is 6.92 Å². The molecule has 1 aromatic rings. The predicted molar refractivity (Wildman–Crippen MR) is 53.5 cm³/mol. The standard InChI is InChI=1S/C9H16N4O/c1-8(12-9(14)2-3-10)6-13-5-4-11-7-13/h4-5,7-8H,2-3,6,10H2,1H3,(H,12,14). The van der Waals surface area contributed by atoms with Gasteiger partial charge in [-0.15, -0.1) is 0 Å². The Balaban J connectivity index is 2.29. The number of nitrogens with one attached hydrogen (secondary N) is 1. The highest BCUT2D eigenvalue weighted by atomic mass is 16.1. The topological polar surface area (TPSA) is 72.9 Å². The third-order valence-electron chi connectivity index (χ3n) is 1.82. The van der Waals surface area contributed by atoms with Crippen LogP contribution < -0.4 is 11.1 Å². The third-order valence-corrected chi connectivity index (χ3v) is 1.82. The van der Waals surface area contributed by atoms with Crippen molar-refractivity contribution >= 4 is 5.91 Å². The van der Waals surface area contributed by atoms with Crippen LogP contribution in [0.4, 0.5) is 0 Å². The molecule has 1 atom stereocenters. The first-order chi connectivity index (χ1) is 6.72. The van der Waals surface area contributed by atoms with E-state index in [0.29, 0.717) is 13.0 Å². The molecule has 0 saturated heterocycles. The average Bonchev–Trinajstić information content (AvgIpc) is 2.56. The quantitative estimate of drug-likeness (QED) is 0.681. The lowest BCUT2D eigenvalue weighted by atomic mass is 10.3. The minimum atomic E-state index is 0.000107. The van der Waals surface area contributed by atoms with Crippen molar-refractivity contribution in [3.05, 3.63) is 18.7 Å². The van der Waals surface area contributed by atoms with Gasteiger partial charge in [0.15, 0.2) is 0 Å². The van der Waals surface area contributed by atoms with Gasteiger partial charge in [-0.2, -0.15) is 0 Å². The first-order valence-electron chi connectivity index (χ1n) is 4.67. The van der Waals surface area contributed by atoms with Crippen LogP contribution in [-0.2, 0) is 11.3 Å². The smallest absolute Gasteiger partial charge is 0.221 e. The van der Waals surface area contributed by atoms with Gasteiger partial charge >= 0.3 is 0 Å². The molecule has 1 unspecified atom stereocenters. The maximum Gasteiger partial charge on any atom is 0.221 e. The highest BCUT2D eigenvalue weighted by Gasteiger charge is 2.06. The molecule has 0 spiro atoms. The van der Waals surface area contributed by atoms with Crippen LogP contribution in [0.1, 0.15) is 13.3 Å². The number of carbonyl (C=O) groups is 1. The Bertz CT molecular complexity index is 270. The fourth-order valence-electron chi connectivity index (χ4n) is 1.23. The van der Waals surface area contributed by atoms with Gasteiger partial charge in [0.2, 0.25) is 5.91 Å². The summed E-state index contributed by atoms with van der Waals surface area (Å²) in [5.41, 5.74) is 5.27. The minimum Gasteiger partial charge on any atom is -0.352 e. The maximum absolute atomic E-state index is 11.2. The van der Waals surface area contributed by atoms with E-state index in [1.807, 2.05) is 17.7 Å². The Morgan fingerprint density at radius 2 is 2.50 bits per heavy atom. The second kappa shape index (κ2) is 5.39. The highest BCUT2D eigenvalue weighted by Crippen LogP contribution is 1.91. The fraction of sp³-hybridized carbons (Fsp3) is 0.556. The van der Waals surface area contributed by atoms with Crippen molar-refractivity contribution in [1.29, 1.82) is 0 Å². The van der Waals surface area contributed by atoms with Crippen LogP contribution in [0.15, 0.2) is 18.7 Å². The summed E-state index contributed by atoms with van der Waals surface area (Å²) in [5.74, 6) is 0.000107. The van der Waals surface area contributed by atoms with E-state index in [1.54, 1.807) is 12.5 Å². The Morgan fingerprint density at radius 3 is 3.07 bits per heavy atom. The molecule has 0 aromatic carbocycles. The molecule has 0 aliphatic rings. The highest BCUT2D eigenvalue weighted by molar-refractivity contribution is 5.76. The van der Waals surface area contributed by atoms with Gasteiger partial charge in [-0.1, -0.05) is 0 Å². The van der Waals surface area contributed by atoms with Crippen LogP contribution in [0.3, 0.4) is 0 Å². The number of rotatable bonds is 5. The van der Waals surface area contributed by atoms with E-state index in [9.17, 15) is 4.79 Å². The Morgan fingerprint density at radius 1 is 1.71 bits per heavy atom. The van der Waals surface area contributed by atoms with Crippen LogP contribution in [-0.4, -0.2) is 28.0 Å². The molecule has 3 N–H and O–H groups in total. The second-order valence-electron chi connectivity index (χ2n) is 3.27. The number of amides is 1. The maximum atomic E-state index is 11.2. The number of nitrogens with zero attached hydrogens (tertiary/aromatic N) is 2. The lowest BCUT2D eigenvalue weighted by molar-refractivity contribution is -0.121. The van der Waals surface area contributed by atoms with Crippen molar-refractivity contribution < 1.29 is 4.79 Å². The zero-order chi connectivity index (χ0) is 10.4. The summed E-state index contributed by atoms with van der Waals surface area (Å²) < 4.78 is 1.92. The van der Waals surface area contributed by atoms with Crippen molar-refractivity contribution in [2.75, 3.05) is 6.54 Å². The van der Waals surface area contributed by atoms with Crippen LogP contribution in [0, 0.1) is 0 Å². The monoisotopic (exact) mass is 196 g/mol. The van der Waals surface area contributed by atoms with Crippen molar-refractivity contribution in [1.82, 2.24) is 14.9 Å².